The number of quaternary nitrogens is 1. The number of phenolic OH excluding ortho intramolecular Hbond substituents is 1. The summed E-state index contributed by atoms with van der Waals surface area (Å²) in [6.07, 6.45) is 1.64. The number of nitrogens with zero attached hydrogens (tertiary/aromatic N) is 1. The van der Waals surface area contributed by atoms with Gasteiger partial charge in [-0.3, -0.25) is 10.1 Å². The van der Waals surface area contributed by atoms with Crippen LogP contribution in [0.3, 0.4) is 0 Å². The highest BCUT2D eigenvalue weighted by Gasteiger charge is 2.24. The molecule has 1 heterocycles. The van der Waals surface area contributed by atoms with Gasteiger partial charge in [0.15, 0.2) is 0 Å². The van der Waals surface area contributed by atoms with Crippen LogP contribution in [0.1, 0.15) is 12.7 Å². The molecule has 0 spiro atoms. The van der Waals surface area contributed by atoms with Crippen LogP contribution < -0.4 is 4.90 Å². The normalized spacial score (nSPS) is 12.3. The molecule has 19 heavy (non-hydrogen) atoms. The van der Waals surface area contributed by atoms with E-state index < -0.39 is 4.92 Å². The molecule has 0 atom stereocenters. The summed E-state index contributed by atoms with van der Waals surface area (Å²) >= 11 is 0. The summed E-state index contributed by atoms with van der Waals surface area (Å²) in [6.45, 7) is 1.86. The third-order valence-electron chi connectivity index (χ3n) is 2.99. The van der Waals surface area contributed by atoms with Gasteiger partial charge in [-0.15, -0.1) is 0 Å². The Kier molecular flexibility index (Phi) is 3.26. The summed E-state index contributed by atoms with van der Waals surface area (Å²) in [7, 11) is 3.85. The van der Waals surface area contributed by atoms with E-state index in [1.165, 1.54) is 18.2 Å². The topological polar surface area (TPSA) is 81.0 Å². The molecule has 0 saturated carbocycles. The number of nitro groups is 1. The van der Waals surface area contributed by atoms with Crippen LogP contribution in [0.25, 0.3) is 17.0 Å². The smallest absolute Gasteiger partial charge is 0.322 e. The number of furan rings is 1. The molecule has 0 fully saturated rings. The quantitative estimate of drug-likeness (QED) is 0.650. The van der Waals surface area contributed by atoms with Gasteiger partial charge in [0.2, 0.25) is 5.76 Å². The van der Waals surface area contributed by atoms with Gasteiger partial charge in [-0.05, 0) is 18.2 Å². The summed E-state index contributed by atoms with van der Waals surface area (Å²) in [6, 6.07) is 4.30. The van der Waals surface area contributed by atoms with Gasteiger partial charge in [-0.1, -0.05) is 0 Å². The van der Waals surface area contributed by atoms with Crippen LogP contribution in [0.4, 0.5) is 5.69 Å². The SMILES string of the molecule is C/C(=C/c1oc2ccc(O)cc2c1[N+](=O)[O-])[NH+](C)C. The van der Waals surface area contributed by atoms with Gasteiger partial charge < -0.3 is 14.4 Å². The van der Waals surface area contributed by atoms with Crippen molar-refractivity contribution in [1.29, 1.82) is 0 Å². The molecule has 0 aliphatic carbocycles. The van der Waals surface area contributed by atoms with Crippen molar-refractivity contribution >= 4 is 22.7 Å². The minimum Gasteiger partial charge on any atom is -0.508 e. The van der Waals surface area contributed by atoms with E-state index in [1.54, 1.807) is 6.08 Å². The van der Waals surface area contributed by atoms with Crippen molar-refractivity contribution in [3.8, 4) is 5.75 Å². The Morgan fingerprint density at radius 3 is 2.74 bits per heavy atom. The monoisotopic (exact) mass is 263 g/mol. The molecule has 2 rings (SSSR count). The predicted octanol–water partition coefficient (Wildman–Crippen LogP) is 1.55. The molecule has 0 unspecified atom stereocenters. The summed E-state index contributed by atoms with van der Waals surface area (Å²) in [5.74, 6) is 0.172. The minimum atomic E-state index is -0.491. The molecule has 2 aromatic rings. The highest BCUT2D eigenvalue weighted by molar-refractivity contribution is 5.92. The highest BCUT2D eigenvalue weighted by atomic mass is 16.6. The van der Waals surface area contributed by atoms with Gasteiger partial charge in [0.1, 0.15) is 22.4 Å². The molecule has 0 amide bonds. The Bertz CT molecular complexity index is 671. The lowest BCUT2D eigenvalue weighted by Gasteiger charge is -2.04. The Morgan fingerprint density at radius 2 is 2.16 bits per heavy atom. The Balaban J connectivity index is 2.71. The number of aromatic hydroxyl groups is 1. The fraction of sp³-hybridized carbons (Fsp3) is 0.231. The van der Waals surface area contributed by atoms with E-state index in [0.29, 0.717) is 11.0 Å². The third kappa shape index (κ3) is 2.43. The average Bonchev–Trinajstić information content (AvgIpc) is 2.65. The Labute approximate surface area is 109 Å². The first-order valence-corrected chi connectivity index (χ1v) is 5.79. The molecule has 0 bridgehead atoms. The van der Waals surface area contributed by atoms with Gasteiger partial charge in [-0.25, -0.2) is 0 Å². The standard InChI is InChI=1S/C13H14N2O4/c1-8(14(2)3)6-12-13(15(17)18)10-7-9(16)4-5-11(10)19-12/h4-7,16H,1-3H3/p+1/b8-6-. The van der Waals surface area contributed by atoms with Crippen molar-refractivity contribution in [3.63, 3.8) is 0 Å². The van der Waals surface area contributed by atoms with Crippen molar-refractivity contribution < 1.29 is 19.3 Å². The number of rotatable bonds is 3. The summed E-state index contributed by atoms with van der Waals surface area (Å²) in [5, 5.41) is 20.9. The van der Waals surface area contributed by atoms with Crippen molar-refractivity contribution in [1.82, 2.24) is 0 Å². The number of hydrogen-bond acceptors (Lipinski definition) is 4. The first-order valence-electron chi connectivity index (χ1n) is 5.79. The van der Waals surface area contributed by atoms with Gasteiger partial charge >= 0.3 is 5.69 Å². The second-order valence-electron chi connectivity index (χ2n) is 4.58. The average molecular weight is 263 g/mol. The number of benzene rings is 1. The van der Waals surface area contributed by atoms with Gasteiger partial charge in [-0.2, -0.15) is 0 Å². The van der Waals surface area contributed by atoms with Crippen molar-refractivity contribution in [2.24, 2.45) is 0 Å². The molecule has 1 aromatic heterocycles. The molecule has 100 valence electrons. The molecule has 6 heteroatoms. The Hall–Kier alpha value is -2.34. The number of fused-ring (bicyclic) bond motifs is 1. The lowest BCUT2D eigenvalue weighted by atomic mass is 10.2. The fourth-order valence-corrected chi connectivity index (χ4v) is 1.72. The molecular weight excluding hydrogens is 248 g/mol. The van der Waals surface area contributed by atoms with Gasteiger partial charge in [0.05, 0.1) is 19.0 Å². The van der Waals surface area contributed by atoms with Crippen LogP contribution in [0.15, 0.2) is 28.3 Å². The summed E-state index contributed by atoms with van der Waals surface area (Å²) in [5.41, 5.74) is 1.18. The van der Waals surface area contributed by atoms with Crippen molar-refractivity contribution in [3.05, 3.63) is 39.8 Å². The zero-order valence-electron chi connectivity index (χ0n) is 10.9. The molecule has 0 saturated heterocycles. The van der Waals surface area contributed by atoms with Crippen LogP contribution in [0, 0.1) is 10.1 Å². The molecule has 0 radical (unpaired) electrons. The van der Waals surface area contributed by atoms with Crippen LogP contribution in [0.2, 0.25) is 0 Å². The van der Waals surface area contributed by atoms with E-state index in [1.807, 2.05) is 21.0 Å². The van der Waals surface area contributed by atoms with E-state index in [9.17, 15) is 15.2 Å². The zero-order valence-corrected chi connectivity index (χ0v) is 10.9. The summed E-state index contributed by atoms with van der Waals surface area (Å²) < 4.78 is 5.49. The molecule has 0 aliphatic rings. The third-order valence-corrected chi connectivity index (χ3v) is 2.99. The van der Waals surface area contributed by atoms with Gasteiger partial charge in [0.25, 0.3) is 0 Å². The predicted molar refractivity (Wildman–Crippen MR) is 71.0 cm³/mol. The minimum absolute atomic E-state index is 0.0260. The summed E-state index contributed by atoms with van der Waals surface area (Å²) in [4.78, 5) is 11.8. The van der Waals surface area contributed by atoms with Crippen LogP contribution in [-0.2, 0) is 0 Å². The number of phenols is 1. The molecular formula is C13H15N2O4+. The van der Waals surface area contributed by atoms with Crippen LogP contribution >= 0.6 is 0 Å². The maximum absolute atomic E-state index is 11.2. The fourth-order valence-electron chi connectivity index (χ4n) is 1.72. The Morgan fingerprint density at radius 1 is 1.47 bits per heavy atom. The van der Waals surface area contributed by atoms with E-state index in [4.69, 9.17) is 4.42 Å². The van der Waals surface area contributed by atoms with Gasteiger partial charge in [0, 0.05) is 13.0 Å². The molecule has 6 nitrogen and oxygen atoms in total. The molecule has 0 aliphatic heterocycles. The zero-order chi connectivity index (χ0) is 14.2. The molecule has 1 aromatic carbocycles. The maximum atomic E-state index is 11.2. The first-order chi connectivity index (χ1) is 8.90. The second kappa shape index (κ2) is 4.74. The van der Waals surface area contributed by atoms with E-state index in [2.05, 4.69) is 0 Å². The lowest BCUT2D eigenvalue weighted by Crippen LogP contribution is -3.03. The highest BCUT2D eigenvalue weighted by Crippen LogP contribution is 2.35. The second-order valence-corrected chi connectivity index (χ2v) is 4.58. The van der Waals surface area contributed by atoms with Crippen LogP contribution in [-0.4, -0.2) is 24.1 Å². The number of hydrogen-bond donors (Lipinski definition) is 2. The largest absolute Gasteiger partial charge is 0.508 e. The van der Waals surface area contributed by atoms with E-state index in [-0.39, 0.29) is 17.2 Å². The maximum Gasteiger partial charge on any atom is 0.322 e. The number of nitrogens with one attached hydrogen (secondary N) is 1. The van der Waals surface area contributed by atoms with Crippen molar-refractivity contribution in [2.75, 3.05) is 14.1 Å². The van der Waals surface area contributed by atoms with Crippen LogP contribution in [0.5, 0.6) is 5.75 Å². The van der Waals surface area contributed by atoms with Crippen molar-refractivity contribution in [2.45, 2.75) is 6.92 Å². The van der Waals surface area contributed by atoms with E-state index in [0.717, 1.165) is 10.6 Å². The van der Waals surface area contributed by atoms with E-state index >= 15 is 0 Å². The molecule has 2 N–H and O–H groups in total. The lowest BCUT2D eigenvalue weighted by molar-refractivity contribution is -0.815. The first kappa shape index (κ1) is 13.1. The number of allylic oxidation sites excluding steroid dienone is 1.